The van der Waals surface area contributed by atoms with Gasteiger partial charge in [-0.05, 0) is 43.2 Å². The van der Waals surface area contributed by atoms with E-state index < -0.39 is 40.3 Å². The van der Waals surface area contributed by atoms with Crippen molar-refractivity contribution in [3.8, 4) is 11.1 Å². The molecular formula is C24H20F4N6O4S. The summed E-state index contributed by atoms with van der Waals surface area (Å²) < 4.78 is 55.8. The molecule has 3 N–H and O–H groups in total. The van der Waals surface area contributed by atoms with Gasteiger partial charge in [0.05, 0.1) is 23.1 Å². The van der Waals surface area contributed by atoms with Crippen LogP contribution in [0.25, 0.3) is 21.3 Å². The number of carbonyl (C=O) groups is 2. The molecular weight excluding hydrogens is 544 g/mol. The van der Waals surface area contributed by atoms with E-state index >= 15 is 0 Å². The molecule has 10 nitrogen and oxygen atoms in total. The minimum atomic E-state index is -4.83. The highest BCUT2D eigenvalue weighted by Gasteiger charge is 2.35. The number of hydrogen-bond acceptors (Lipinski definition) is 7. The Hall–Kier alpha value is -4.40. The van der Waals surface area contributed by atoms with E-state index in [2.05, 4.69) is 15.4 Å². The quantitative estimate of drug-likeness (QED) is 0.179. The number of rotatable bonds is 7. The number of fused-ring (bicyclic) bond motifs is 1. The molecule has 2 amide bonds. The van der Waals surface area contributed by atoms with Crippen LogP contribution in [0.15, 0.2) is 30.3 Å². The molecule has 0 saturated heterocycles. The van der Waals surface area contributed by atoms with Crippen molar-refractivity contribution in [2.24, 2.45) is 11.7 Å². The summed E-state index contributed by atoms with van der Waals surface area (Å²) >= 11 is 0.576. The largest absolute Gasteiger partial charge is 0.433 e. The number of alkyl halides is 3. The number of halogens is 4. The number of aryl methyl sites for hydroxylation is 1. The Balaban J connectivity index is 1.81. The standard InChI is InChI=1S/C24H20F4N6O4S/c1-10(9-33-12(3)19(34(37)38)11(2)32-33)22(36)31-18-17-15(13-4-6-14(25)7-5-13)8-16(24(26,27)28)30-23(17)39-20(18)21(29)35/h4-8,10H,9H2,1-3H3,(H2,29,35)(H,31,36). The summed E-state index contributed by atoms with van der Waals surface area (Å²) in [6, 6.07) is 5.39. The van der Waals surface area contributed by atoms with Crippen molar-refractivity contribution in [2.45, 2.75) is 33.5 Å². The first kappa shape index (κ1) is 27.6. The molecule has 0 fully saturated rings. The molecule has 1 aromatic carbocycles. The number of nitro groups is 1. The molecule has 4 rings (SSSR count). The molecule has 0 bridgehead atoms. The Labute approximate surface area is 221 Å². The fourth-order valence-corrected chi connectivity index (χ4v) is 5.12. The molecule has 204 valence electrons. The maximum atomic E-state index is 13.6. The molecule has 0 spiro atoms. The van der Waals surface area contributed by atoms with Gasteiger partial charge < -0.3 is 11.1 Å². The van der Waals surface area contributed by atoms with Crippen LogP contribution in [0.4, 0.5) is 28.9 Å². The van der Waals surface area contributed by atoms with Gasteiger partial charge in [0.1, 0.15) is 32.6 Å². The summed E-state index contributed by atoms with van der Waals surface area (Å²) in [5.41, 5.74) is 4.46. The van der Waals surface area contributed by atoms with Gasteiger partial charge in [-0.25, -0.2) is 9.37 Å². The lowest BCUT2D eigenvalue weighted by atomic mass is 10.0. The van der Waals surface area contributed by atoms with Gasteiger partial charge in [-0.2, -0.15) is 18.3 Å². The van der Waals surface area contributed by atoms with Gasteiger partial charge in [0, 0.05) is 5.39 Å². The summed E-state index contributed by atoms with van der Waals surface area (Å²) in [5, 5.41) is 18.0. The van der Waals surface area contributed by atoms with Gasteiger partial charge in [-0.3, -0.25) is 24.4 Å². The number of thiophene rings is 1. The summed E-state index contributed by atoms with van der Waals surface area (Å²) in [7, 11) is 0. The molecule has 0 aliphatic carbocycles. The van der Waals surface area contributed by atoms with Crippen molar-refractivity contribution < 1.29 is 32.1 Å². The van der Waals surface area contributed by atoms with Gasteiger partial charge in [-0.15, -0.1) is 11.3 Å². The first-order valence-corrected chi connectivity index (χ1v) is 12.1. The second-order valence-corrected chi connectivity index (χ2v) is 9.76. The number of amides is 2. The maximum absolute atomic E-state index is 13.6. The Morgan fingerprint density at radius 2 is 1.87 bits per heavy atom. The number of nitrogens with zero attached hydrogens (tertiary/aromatic N) is 4. The summed E-state index contributed by atoms with van der Waals surface area (Å²) in [6.07, 6.45) is -4.83. The lowest BCUT2D eigenvalue weighted by Gasteiger charge is -2.15. The second kappa shape index (κ2) is 10.1. The zero-order valence-corrected chi connectivity index (χ0v) is 21.4. The molecule has 0 aliphatic heterocycles. The summed E-state index contributed by atoms with van der Waals surface area (Å²) in [4.78, 5) is 39.4. The van der Waals surface area contributed by atoms with Crippen LogP contribution in [-0.2, 0) is 17.5 Å². The minimum Gasteiger partial charge on any atom is -0.365 e. The Kier molecular flexibility index (Phi) is 7.12. The molecule has 4 aromatic rings. The molecule has 3 heterocycles. The van der Waals surface area contributed by atoms with Gasteiger partial charge in [-0.1, -0.05) is 19.1 Å². The van der Waals surface area contributed by atoms with Gasteiger partial charge in [0.15, 0.2) is 0 Å². The van der Waals surface area contributed by atoms with Crippen molar-refractivity contribution in [3.63, 3.8) is 0 Å². The molecule has 39 heavy (non-hydrogen) atoms. The van der Waals surface area contributed by atoms with E-state index in [0.29, 0.717) is 11.3 Å². The Bertz CT molecular complexity index is 1630. The monoisotopic (exact) mass is 564 g/mol. The number of anilines is 1. The minimum absolute atomic E-state index is 0.0238. The fourth-order valence-electron chi connectivity index (χ4n) is 4.11. The van der Waals surface area contributed by atoms with E-state index in [1.54, 1.807) is 0 Å². The number of benzene rings is 1. The molecule has 0 radical (unpaired) electrons. The van der Waals surface area contributed by atoms with E-state index in [0.717, 1.165) is 18.2 Å². The Morgan fingerprint density at radius 1 is 1.23 bits per heavy atom. The van der Waals surface area contributed by atoms with Crippen molar-refractivity contribution in [1.82, 2.24) is 14.8 Å². The third-order valence-electron chi connectivity index (χ3n) is 6.00. The van der Waals surface area contributed by atoms with Crippen molar-refractivity contribution in [2.75, 3.05) is 5.32 Å². The highest BCUT2D eigenvalue weighted by molar-refractivity contribution is 7.21. The van der Waals surface area contributed by atoms with Crippen molar-refractivity contribution in [1.29, 1.82) is 0 Å². The highest BCUT2D eigenvalue weighted by Crippen LogP contribution is 2.43. The van der Waals surface area contributed by atoms with E-state index in [4.69, 9.17) is 5.73 Å². The molecule has 15 heteroatoms. The first-order valence-electron chi connectivity index (χ1n) is 11.3. The van der Waals surface area contributed by atoms with E-state index in [1.807, 2.05) is 0 Å². The Morgan fingerprint density at radius 3 is 2.41 bits per heavy atom. The molecule has 0 saturated carbocycles. The number of hydrogen-bond donors (Lipinski definition) is 2. The highest BCUT2D eigenvalue weighted by atomic mass is 32.1. The average Bonchev–Trinajstić information content (AvgIpc) is 3.34. The normalized spacial score (nSPS) is 12.5. The predicted molar refractivity (Wildman–Crippen MR) is 135 cm³/mol. The van der Waals surface area contributed by atoms with E-state index in [9.17, 15) is 37.3 Å². The molecule has 3 aromatic heterocycles. The predicted octanol–water partition coefficient (Wildman–Crippen LogP) is 5.22. The van der Waals surface area contributed by atoms with Crippen LogP contribution in [0, 0.1) is 35.7 Å². The third-order valence-corrected chi connectivity index (χ3v) is 7.10. The van der Waals surface area contributed by atoms with Crippen LogP contribution in [0.3, 0.4) is 0 Å². The van der Waals surface area contributed by atoms with E-state index in [1.165, 1.54) is 37.6 Å². The second-order valence-electron chi connectivity index (χ2n) is 8.76. The van der Waals surface area contributed by atoms with Crippen molar-refractivity contribution >= 4 is 44.7 Å². The zero-order chi connectivity index (χ0) is 28.8. The fraction of sp³-hybridized carbons (Fsp3) is 0.250. The smallest absolute Gasteiger partial charge is 0.365 e. The van der Waals surface area contributed by atoms with E-state index in [-0.39, 0.29) is 55.5 Å². The molecule has 1 atom stereocenters. The maximum Gasteiger partial charge on any atom is 0.433 e. The molecule has 1 unspecified atom stereocenters. The van der Waals surface area contributed by atoms with Crippen LogP contribution in [-0.4, -0.2) is 31.5 Å². The summed E-state index contributed by atoms with van der Waals surface area (Å²) in [5.74, 6) is -3.13. The first-order chi connectivity index (χ1) is 18.2. The topological polar surface area (TPSA) is 146 Å². The average molecular weight is 565 g/mol. The number of nitrogens with one attached hydrogen (secondary N) is 1. The lowest BCUT2D eigenvalue weighted by Crippen LogP contribution is -2.26. The van der Waals surface area contributed by atoms with Gasteiger partial charge >= 0.3 is 11.9 Å². The van der Waals surface area contributed by atoms with Gasteiger partial charge in [0.2, 0.25) is 5.91 Å². The number of carbonyl (C=O) groups excluding carboxylic acids is 2. The number of primary amides is 1. The number of pyridine rings is 1. The summed E-state index contributed by atoms with van der Waals surface area (Å²) in [6.45, 7) is 4.39. The van der Waals surface area contributed by atoms with Crippen LogP contribution in [0.5, 0.6) is 0 Å². The zero-order valence-electron chi connectivity index (χ0n) is 20.6. The third kappa shape index (κ3) is 5.30. The van der Waals surface area contributed by atoms with Crippen LogP contribution >= 0.6 is 11.3 Å². The number of nitrogens with two attached hydrogens (primary N) is 1. The van der Waals surface area contributed by atoms with Crippen LogP contribution in [0.2, 0.25) is 0 Å². The van der Waals surface area contributed by atoms with Crippen LogP contribution < -0.4 is 11.1 Å². The number of aromatic nitrogens is 3. The molecule has 0 aliphatic rings. The SMILES string of the molecule is Cc1nn(CC(C)C(=O)Nc2c(C(N)=O)sc3nc(C(F)(F)F)cc(-c4ccc(F)cc4)c23)c(C)c1[N+](=O)[O-]. The van der Waals surface area contributed by atoms with Gasteiger partial charge in [0.25, 0.3) is 5.91 Å². The van der Waals surface area contributed by atoms with Crippen molar-refractivity contribution in [3.05, 3.63) is 68.2 Å². The van der Waals surface area contributed by atoms with Crippen LogP contribution in [0.1, 0.15) is 33.7 Å². The lowest BCUT2D eigenvalue weighted by molar-refractivity contribution is -0.386.